The van der Waals surface area contributed by atoms with Gasteiger partial charge in [-0.25, -0.2) is 0 Å². The van der Waals surface area contributed by atoms with E-state index in [4.69, 9.17) is 0 Å². The van der Waals surface area contributed by atoms with E-state index in [1.807, 2.05) is 40.1 Å². The lowest BCUT2D eigenvalue weighted by Crippen LogP contribution is -2.50. The number of nitrogens with zero attached hydrogens (tertiary/aromatic N) is 2. The fraction of sp³-hybridized carbons (Fsp3) is 0.500. The first kappa shape index (κ1) is 19.4. The minimum Gasteiger partial charge on any atom is -0.380 e. The van der Waals surface area contributed by atoms with Crippen molar-refractivity contribution in [3.63, 3.8) is 0 Å². The van der Waals surface area contributed by atoms with Crippen molar-refractivity contribution in [3.8, 4) is 0 Å². The van der Waals surface area contributed by atoms with Crippen molar-refractivity contribution in [1.29, 1.82) is 0 Å². The molecule has 0 bridgehead atoms. The molecular formula is C24H29N3O3. The van der Waals surface area contributed by atoms with Crippen LogP contribution in [-0.2, 0) is 4.79 Å². The fourth-order valence-corrected chi connectivity index (χ4v) is 5.76. The summed E-state index contributed by atoms with van der Waals surface area (Å²) in [5.74, 6) is 0.311. The number of aliphatic hydroxyl groups is 1. The molecule has 1 aromatic heterocycles. The molecule has 3 atom stereocenters. The van der Waals surface area contributed by atoms with Crippen LogP contribution in [0.1, 0.15) is 54.2 Å². The monoisotopic (exact) mass is 407 g/mol. The Hall–Kier alpha value is -2.60. The molecule has 0 radical (unpaired) electrons. The first-order chi connectivity index (χ1) is 14.6. The minimum absolute atomic E-state index is 0.00652. The van der Waals surface area contributed by atoms with Gasteiger partial charge in [-0.05, 0) is 30.5 Å². The first-order valence-electron chi connectivity index (χ1n) is 11.1. The topological polar surface area (TPSA) is 76.6 Å². The lowest BCUT2D eigenvalue weighted by molar-refractivity contribution is -0.154. The average Bonchev–Trinajstić information content (AvgIpc) is 3.50. The smallest absolute Gasteiger partial charge is 0.270 e. The molecule has 6 heteroatoms. The Bertz CT molecular complexity index is 905. The third kappa shape index (κ3) is 3.23. The second-order valence-electron chi connectivity index (χ2n) is 9.12. The van der Waals surface area contributed by atoms with Gasteiger partial charge in [0.1, 0.15) is 11.3 Å². The molecule has 2 aromatic rings. The number of carbonyl (C=O) groups excluding carboxylic acids is 2. The van der Waals surface area contributed by atoms with Gasteiger partial charge in [0, 0.05) is 37.7 Å². The number of amides is 2. The molecule has 1 saturated carbocycles. The second kappa shape index (κ2) is 7.58. The molecule has 1 aromatic carbocycles. The van der Waals surface area contributed by atoms with Crippen LogP contribution < -0.4 is 0 Å². The highest BCUT2D eigenvalue weighted by molar-refractivity contribution is 5.93. The van der Waals surface area contributed by atoms with E-state index in [1.165, 1.54) is 0 Å². The van der Waals surface area contributed by atoms with Crippen LogP contribution in [0.2, 0.25) is 0 Å². The summed E-state index contributed by atoms with van der Waals surface area (Å²) < 4.78 is 0. The van der Waals surface area contributed by atoms with Crippen molar-refractivity contribution in [2.45, 2.75) is 43.7 Å². The highest BCUT2D eigenvalue weighted by Gasteiger charge is 2.52. The Balaban J connectivity index is 1.40. The van der Waals surface area contributed by atoms with Gasteiger partial charge in [-0.15, -0.1) is 0 Å². The molecule has 5 rings (SSSR count). The van der Waals surface area contributed by atoms with E-state index < -0.39 is 5.60 Å². The average molecular weight is 408 g/mol. The number of carbonyl (C=O) groups is 2. The molecule has 2 amide bonds. The standard InChI is InChI=1S/C24H29N3O3/c28-22(20-10-7-13-25-20)27-15-18-14-26(23(29)24(30)11-5-2-6-12-24)16-19(18)21(27)17-8-3-1-4-9-17/h1,3-4,7-10,13,18-19,21,25,30H,2,5-6,11-12,14-16H2/t18-,19-,21+/m0/s1. The predicted molar refractivity (Wildman–Crippen MR) is 113 cm³/mol. The van der Waals surface area contributed by atoms with Gasteiger partial charge in [-0.1, -0.05) is 49.6 Å². The summed E-state index contributed by atoms with van der Waals surface area (Å²) in [6.45, 7) is 1.84. The molecule has 2 saturated heterocycles. The Morgan fingerprint density at radius 1 is 0.967 bits per heavy atom. The van der Waals surface area contributed by atoms with Crippen molar-refractivity contribution in [3.05, 3.63) is 59.9 Å². The maximum absolute atomic E-state index is 13.2. The number of aromatic nitrogens is 1. The molecule has 3 heterocycles. The van der Waals surface area contributed by atoms with Crippen molar-refractivity contribution >= 4 is 11.8 Å². The van der Waals surface area contributed by atoms with E-state index in [1.54, 1.807) is 6.20 Å². The number of hydrogen-bond donors (Lipinski definition) is 2. The van der Waals surface area contributed by atoms with Crippen LogP contribution in [-0.4, -0.2) is 56.9 Å². The Labute approximate surface area is 176 Å². The molecule has 0 spiro atoms. The molecule has 3 fully saturated rings. The number of hydrogen-bond acceptors (Lipinski definition) is 3. The number of aromatic amines is 1. The number of H-pyrrole nitrogens is 1. The Morgan fingerprint density at radius 3 is 2.43 bits per heavy atom. The number of benzene rings is 1. The first-order valence-corrected chi connectivity index (χ1v) is 11.1. The fourth-order valence-electron chi connectivity index (χ4n) is 5.76. The van der Waals surface area contributed by atoms with Crippen LogP contribution in [0.15, 0.2) is 48.7 Å². The summed E-state index contributed by atoms with van der Waals surface area (Å²) in [7, 11) is 0. The summed E-state index contributed by atoms with van der Waals surface area (Å²) in [4.78, 5) is 33.3. The maximum Gasteiger partial charge on any atom is 0.270 e. The van der Waals surface area contributed by atoms with E-state index in [0.29, 0.717) is 38.2 Å². The molecule has 2 N–H and O–H groups in total. The zero-order chi connectivity index (χ0) is 20.7. The van der Waals surface area contributed by atoms with Gasteiger partial charge in [0.15, 0.2) is 0 Å². The minimum atomic E-state index is -1.20. The Morgan fingerprint density at radius 2 is 1.73 bits per heavy atom. The summed E-state index contributed by atoms with van der Waals surface area (Å²) in [5, 5.41) is 11.0. The van der Waals surface area contributed by atoms with Gasteiger partial charge in [-0.2, -0.15) is 0 Å². The van der Waals surface area contributed by atoms with Gasteiger partial charge >= 0.3 is 0 Å². The largest absolute Gasteiger partial charge is 0.380 e. The van der Waals surface area contributed by atoms with Crippen molar-refractivity contribution in [2.24, 2.45) is 11.8 Å². The van der Waals surface area contributed by atoms with Gasteiger partial charge in [0.05, 0.1) is 6.04 Å². The number of nitrogens with one attached hydrogen (secondary N) is 1. The quantitative estimate of drug-likeness (QED) is 0.821. The summed E-state index contributed by atoms with van der Waals surface area (Å²) in [6.07, 6.45) is 5.82. The molecular weight excluding hydrogens is 378 g/mol. The van der Waals surface area contributed by atoms with Gasteiger partial charge in [0.2, 0.25) is 0 Å². The summed E-state index contributed by atoms with van der Waals surface area (Å²) >= 11 is 0. The molecule has 3 aliphatic rings. The maximum atomic E-state index is 13.2. The van der Waals surface area contributed by atoms with E-state index in [2.05, 4.69) is 17.1 Å². The number of likely N-dealkylation sites (tertiary alicyclic amines) is 2. The van der Waals surface area contributed by atoms with Gasteiger partial charge < -0.3 is 19.9 Å². The molecule has 0 unspecified atom stereocenters. The van der Waals surface area contributed by atoms with Crippen LogP contribution in [0.25, 0.3) is 0 Å². The Kier molecular flexibility index (Phi) is 4.89. The second-order valence-corrected chi connectivity index (χ2v) is 9.12. The van der Waals surface area contributed by atoms with E-state index in [0.717, 1.165) is 24.8 Å². The van der Waals surface area contributed by atoms with Crippen LogP contribution in [0.5, 0.6) is 0 Å². The van der Waals surface area contributed by atoms with Crippen LogP contribution in [0.4, 0.5) is 0 Å². The third-order valence-electron chi connectivity index (χ3n) is 7.26. The van der Waals surface area contributed by atoms with Gasteiger partial charge in [-0.3, -0.25) is 9.59 Å². The van der Waals surface area contributed by atoms with Crippen molar-refractivity contribution in [1.82, 2.24) is 14.8 Å². The van der Waals surface area contributed by atoms with Crippen molar-refractivity contribution in [2.75, 3.05) is 19.6 Å². The third-order valence-corrected chi connectivity index (χ3v) is 7.26. The van der Waals surface area contributed by atoms with Gasteiger partial charge in [0.25, 0.3) is 11.8 Å². The highest BCUT2D eigenvalue weighted by atomic mass is 16.3. The SMILES string of the molecule is O=C(c1ccc[nH]1)N1C[C@@H]2CN(C(=O)C3(O)CCCCC3)C[C@@H]2[C@H]1c1ccccc1. The molecule has 2 aliphatic heterocycles. The van der Waals surface area contributed by atoms with Crippen LogP contribution >= 0.6 is 0 Å². The summed E-state index contributed by atoms with van der Waals surface area (Å²) in [6, 6.07) is 13.7. The van der Waals surface area contributed by atoms with E-state index in [9.17, 15) is 14.7 Å². The lowest BCUT2D eigenvalue weighted by Gasteiger charge is -2.35. The molecule has 6 nitrogen and oxygen atoms in total. The summed E-state index contributed by atoms with van der Waals surface area (Å²) in [5.41, 5.74) is 0.509. The zero-order valence-electron chi connectivity index (χ0n) is 17.2. The lowest BCUT2D eigenvalue weighted by atomic mass is 9.84. The molecule has 158 valence electrons. The van der Waals surface area contributed by atoms with E-state index in [-0.39, 0.29) is 29.7 Å². The van der Waals surface area contributed by atoms with Crippen molar-refractivity contribution < 1.29 is 14.7 Å². The normalized spacial score (nSPS) is 27.8. The number of rotatable bonds is 3. The zero-order valence-corrected chi connectivity index (χ0v) is 17.2. The predicted octanol–water partition coefficient (Wildman–Crippen LogP) is 2.98. The molecule has 30 heavy (non-hydrogen) atoms. The molecule has 1 aliphatic carbocycles. The van der Waals surface area contributed by atoms with Crippen LogP contribution in [0.3, 0.4) is 0 Å². The van der Waals surface area contributed by atoms with E-state index >= 15 is 0 Å². The van der Waals surface area contributed by atoms with Crippen LogP contribution in [0, 0.1) is 11.8 Å². The number of fused-ring (bicyclic) bond motifs is 1. The highest BCUT2D eigenvalue weighted by Crippen LogP contribution is 2.46.